The third-order valence-electron chi connectivity index (χ3n) is 4.94. The summed E-state index contributed by atoms with van der Waals surface area (Å²) in [6.07, 6.45) is 0. The van der Waals surface area contributed by atoms with Crippen LogP contribution in [-0.2, 0) is 0 Å². The number of hydrogen-bond acceptors (Lipinski definition) is 0. The molecule has 24 heavy (non-hydrogen) atoms. The van der Waals surface area contributed by atoms with Crippen LogP contribution in [0.1, 0.15) is 16.7 Å². The van der Waals surface area contributed by atoms with E-state index in [9.17, 15) is 0 Å². The van der Waals surface area contributed by atoms with E-state index in [1.54, 1.807) is 0 Å². The first kappa shape index (κ1) is 17.4. The van der Waals surface area contributed by atoms with E-state index in [0.29, 0.717) is 0 Å². The second-order valence-corrected chi connectivity index (χ2v) is 16.7. The third-order valence-corrected chi connectivity index (χ3v) is 13.2. The van der Waals surface area contributed by atoms with Crippen molar-refractivity contribution in [3.63, 3.8) is 0 Å². The van der Waals surface area contributed by atoms with E-state index < -0.39 is 5.31 Å². The minimum absolute atomic E-state index is 1.29. The van der Waals surface area contributed by atoms with Crippen LogP contribution >= 0.6 is 20.8 Å². The van der Waals surface area contributed by atoms with Crippen molar-refractivity contribution < 1.29 is 0 Å². The molecule has 0 saturated heterocycles. The number of rotatable bonds is 3. The van der Waals surface area contributed by atoms with Gasteiger partial charge in [0.1, 0.15) is 0 Å². The Hall–Kier alpha value is -1.43. The van der Waals surface area contributed by atoms with Crippen LogP contribution in [-0.4, -0.2) is 6.66 Å². The summed E-state index contributed by atoms with van der Waals surface area (Å²) in [5.74, 6) is 0. The van der Waals surface area contributed by atoms with Crippen LogP contribution < -0.4 is 15.9 Å². The maximum absolute atomic E-state index is 4.32. The Bertz CT molecular complexity index is 726. The summed E-state index contributed by atoms with van der Waals surface area (Å²) >= 11 is 4.32. The van der Waals surface area contributed by atoms with Crippen molar-refractivity contribution in [1.29, 1.82) is 0 Å². The molecule has 0 spiro atoms. The maximum atomic E-state index is 4.32. The molecule has 0 N–H and O–H groups in total. The van der Waals surface area contributed by atoms with Crippen LogP contribution in [0.4, 0.5) is 0 Å². The zero-order chi connectivity index (χ0) is 17.4. The van der Waals surface area contributed by atoms with Crippen LogP contribution in [0.3, 0.4) is 0 Å². The summed E-state index contributed by atoms with van der Waals surface area (Å²) in [5, 5.41) is 1.45. The second kappa shape index (κ2) is 6.14. The van der Waals surface area contributed by atoms with Crippen LogP contribution in [0.5, 0.6) is 0 Å². The number of hydrogen-bond donors (Lipinski definition) is 0. The monoisotopic (exact) mass is 398 g/mol. The fraction of sp³-hybridized carbons (Fsp3) is 0.182. The van der Waals surface area contributed by atoms with Crippen molar-refractivity contribution in [2.24, 2.45) is 0 Å². The van der Waals surface area contributed by atoms with Gasteiger partial charge in [0.05, 0.1) is 0 Å². The molecule has 0 atom stereocenters. The first-order valence-corrected chi connectivity index (χ1v) is 13.0. The zero-order valence-electron chi connectivity index (χ0n) is 14.8. The van der Waals surface area contributed by atoms with Gasteiger partial charge in [-0.2, -0.15) is 0 Å². The predicted molar refractivity (Wildman–Crippen MR) is 114 cm³/mol. The van der Waals surface area contributed by atoms with E-state index in [2.05, 4.69) is 116 Å². The first-order chi connectivity index (χ1) is 11.3. The van der Waals surface area contributed by atoms with E-state index in [4.69, 9.17) is 0 Å². The van der Waals surface area contributed by atoms with E-state index in [0.717, 1.165) is 0 Å². The molecule has 0 aliphatic carbocycles. The molecular weight excluding hydrogens is 375 g/mol. The van der Waals surface area contributed by atoms with E-state index in [-0.39, 0.29) is 0 Å². The topological polar surface area (TPSA) is 0 Å². The Morgan fingerprint density at radius 2 is 0.708 bits per heavy atom. The molecule has 0 amide bonds. The average Bonchev–Trinajstić information content (AvgIpc) is 2.56. The summed E-state index contributed by atoms with van der Waals surface area (Å²) in [5.41, 5.74) is 3.87. The molecule has 0 saturated carbocycles. The van der Waals surface area contributed by atoms with Gasteiger partial charge in [0.15, 0.2) is 0 Å². The van der Waals surface area contributed by atoms with Crippen LogP contribution in [0.2, 0.25) is 0 Å². The van der Waals surface area contributed by atoms with Gasteiger partial charge in [0, 0.05) is 0 Å². The Kier molecular flexibility index (Phi) is 4.45. The summed E-state index contributed by atoms with van der Waals surface area (Å²) in [7, 11) is 0. The molecule has 0 unspecified atom stereocenters. The zero-order valence-corrected chi connectivity index (χ0v) is 17.2. The fourth-order valence-corrected chi connectivity index (χ4v) is 8.74. The normalized spacial score (nSPS) is 13.3. The van der Waals surface area contributed by atoms with Crippen molar-refractivity contribution in [2.45, 2.75) is 20.8 Å². The molecule has 124 valence electrons. The fourth-order valence-electron chi connectivity index (χ4n) is 3.14. The molecule has 2 heteroatoms. The van der Waals surface area contributed by atoms with Crippen molar-refractivity contribution in [3.8, 4) is 0 Å². The summed E-state index contributed by atoms with van der Waals surface area (Å²) in [6.45, 7) is 8.81. The van der Waals surface area contributed by atoms with Gasteiger partial charge in [-0.25, -0.2) is 0 Å². The molecule has 0 bridgehead atoms. The Labute approximate surface area is 153 Å². The molecule has 0 aliphatic rings. The molecule has 3 rings (SSSR count). The van der Waals surface area contributed by atoms with Crippen LogP contribution in [0, 0.1) is 20.8 Å². The van der Waals surface area contributed by atoms with Gasteiger partial charge in [-0.05, 0) is 0 Å². The van der Waals surface area contributed by atoms with Gasteiger partial charge >= 0.3 is 154 Å². The molecule has 0 nitrogen and oxygen atoms in total. The number of aryl methyl sites for hydroxylation is 3. The van der Waals surface area contributed by atoms with Gasteiger partial charge < -0.3 is 0 Å². The van der Waals surface area contributed by atoms with E-state index in [1.807, 2.05) is 0 Å². The number of benzene rings is 3. The van der Waals surface area contributed by atoms with Gasteiger partial charge in [-0.15, -0.1) is 0 Å². The van der Waals surface area contributed by atoms with Gasteiger partial charge in [-0.1, -0.05) is 0 Å². The predicted octanol–water partition coefficient (Wildman–Crippen LogP) is 5.38. The van der Waals surface area contributed by atoms with Crippen molar-refractivity contribution in [1.82, 2.24) is 0 Å². The summed E-state index contributed by atoms with van der Waals surface area (Å²) in [4.78, 5) is 0. The molecule has 0 aliphatic heterocycles. The average molecular weight is 399 g/mol. The third kappa shape index (κ3) is 2.85. The quantitative estimate of drug-likeness (QED) is 0.519. The van der Waals surface area contributed by atoms with Crippen LogP contribution in [0.25, 0.3) is 0 Å². The van der Waals surface area contributed by atoms with Gasteiger partial charge in [0.25, 0.3) is 0 Å². The summed E-state index contributed by atoms with van der Waals surface area (Å²) < 4.78 is 0. The van der Waals surface area contributed by atoms with Crippen molar-refractivity contribution >= 4 is 36.7 Å². The molecule has 0 heterocycles. The molecule has 0 radical (unpaired) electrons. The molecule has 0 fully saturated rings. The van der Waals surface area contributed by atoms with Gasteiger partial charge in [-0.3, -0.25) is 0 Å². The van der Waals surface area contributed by atoms with Crippen LogP contribution in [0.15, 0.2) is 72.8 Å². The first-order valence-electron chi connectivity index (χ1n) is 8.25. The Morgan fingerprint density at radius 3 is 0.917 bits per heavy atom. The second-order valence-electron chi connectivity index (χ2n) is 6.94. The van der Waals surface area contributed by atoms with E-state index in [1.165, 1.54) is 32.6 Å². The Balaban J connectivity index is 2.33. The van der Waals surface area contributed by atoms with Crippen molar-refractivity contribution in [3.05, 3.63) is 89.5 Å². The summed E-state index contributed by atoms with van der Waals surface area (Å²) in [6, 6.07) is 26.9. The Morgan fingerprint density at radius 1 is 0.500 bits per heavy atom. The standard InChI is InChI=1S/C22H24BrP/c1-17-5-11-20(12-6-17)24(4,23,21-13-7-18(2)8-14-21)22-15-9-19(3)10-16-22/h5-16H,1-4H3. The molecule has 3 aromatic carbocycles. The SMILES string of the molecule is Cc1ccc(P(C)(Br)(c2ccc(C)cc2)c2ccc(C)cc2)cc1. The number of halogens is 1. The van der Waals surface area contributed by atoms with E-state index >= 15 is 0 Å². The van der Waals surface area contributed by atoms with Crippen molar-refractivity contribution in [2.75, 3.05) is 6.66 Å². The minimum atomic E-state index is -2.64. The van der Waals surface area contributed by atoms with Gasteiger partial charge in [0.2, 0.25) is 0 Å². The molecule has 3 aromatic rings. The molecular formula is C22H24BrP. The molecule has 0 aromatic heterocycles.